The number of hydrogen-bond acceptors (Lipinski definition) is 11. The second-order valence-corrected chi connectivity index (χ2v) is 15.8. The molecular formula is C44H77N3O13. The van der Waals surface area contributed by atoms with Gasteiger partial charge in [-0.2, -0.15) is 0 Å². The highest BCUT2D eigenvalue weighted by Crippen LogP contribution is 2.20. The van der Waals surface area contributed by atoms with E-state index in [0.717, 1.165) is 38.5 Å². The second kappa shape index (κ2) is 37.3. The third-order valence-electron chi connectivity index (χ3n) is 10.4. The van der Waals surface area contributed by atoms with Gasteiger partial charge in [0.1, 0.15) is 19.3 Å². The number of ether oxygens (including phenoxy) is 4. The first-order valence-corrected chi connectivity index (χ1v) is 22.6. The molecule has 0 radical (unpaired) electrons. The van der Waals surface area contributed by atoms with Crippen molar-refractivity contribution in [2.75, 3.05) is 72.5 Å². The van der Waals surface area contributed by atoms with Gasteiger partial charge in [-0.15, -0.1) is 0 Å². The van der Waals surface area contributed by atoms with Crippen molar-refractivity contribution in [1.82, 2.24) is 15.5 Å². The number of carboxylic acids is 2. The Hall–Kier alpha value is -3.47. The number of rotatable bonds is 41. The number of nitrogens with one attached hydrogen (secondary N) is 2. The van der Waals surface area contributed by atoms with E-state index >= 15 is 0 Å². The smallest absolute Gasteiger partial charge is 0.326 e. The van der Waals surface area contributed by atoms with Crippen LogP contribution in [0.25, 0.3) is 0 Å². The average Bonchev–Trinajstić information content (AvgIpc) is 3.21. The normalized spacial score (nSPS) is 13.5. The molecule has 0 unspecified atom stereocenters. The van der Waals surface area contributed by atoms with Crippen molar-refractivity contribution >= 4 is 41.2 Å². The fraction of sp³-hybridized carbons (Fsp3) is 0.841. The van der Waals surface area contributed by atoms with Crippen LogP contribution in [0.15, 0.2) is 0 Å². The Morgan fingerprint density at radius 2 is 1.07 bits per heavy atom. The van der Waals surface area contributed by atoms with Gasteiger partial charge in [0.15, 0.2) is 11.6 Å². The van der Waals surface area contributed by atoms with Crippen LogP contribution < -0.4 is 10.6 Å². The third kappa shape index (κ3) is 32.3. The van der Waals surface area contributed by atoms with Gasteiger partial charge in [0.25, 0.3) is 0 Å². The molecule has 0 aliphatic carbocycles. The summed E-state index contributed by atoms with van der Waals surface area (Å²) in [6.45, 7) is 4.11. The lowest BCUT2D eigenvalue weighted by Gasteiger charge is -2.32. The van der Waals surface area contributed by atoms with E-state index in [2.05, 4.69) is 10.6 Å². The van der Waals surface area contributed by atoms with E-state index in [1.165, 1.54) is 71.1 Å². The largest absolute Gasteiger partial charge is 0.481 e. The molecule has 0 saturated carbocycles. The van der Waals surface area contributed by atoms with Gasteiger partial charge in [0, 0.05) is 51.4 Å². The van der Waals surface area contributed by atoms with Gasteiger partial charge in [-0.05, 0) is 39.0 Å². The number of piperidine rings is 1. The minimum absolute atomic E-state index is 0.0474. The molecule has 0 aromatic rings. The summed E-state index contributed by atoms with van der Waals surface area (Å²) in [5.74, 6) is -3.42. The predicted octanol–water partition coefficient (Wildman–Crippen LogP) is 5.41. The minimum atomic E-state index is -1.38. The van der Waals surface area contributed by atoms with Gasteiger partial charge >= 0.3 is 11.9 Å². The van der Waals surface area contributed by atoms with Crippen molar-refractivity contribution < 1.29 is 62.7 Å². The molecule has 346 valence electrons. The summed E-state index contributed by atoms with van der Waals surface area (Å²) in [6, 6.07) is -1.38. The zero-order valence-electron chi connectivity index (χ0n) is 36.5. The van der Waals surface area contributed by atoms with Crippen LogP contribution in [0.3, 0.4) is 0 Å². The number of aliphatic carboxylic acids is 2. The quantitative estimate of drug-likeness (QED) is 0.0566. The fourth-order valence-corrected chi connectivity index (χ4v) is 6.87. The van der Waals surface area contributed by atoms with Crippen LogP contribution in [-0.2, 0) is 52.5 Å². The fourth-order valence-electron chi connectivity index (χ4n) is 6.87. The zero-order chi connectivity index (χ0) is 44.1. The number of carbonyl (C=O) groups is 7. The zero-order valence-corrected chi connectivity index (χ0v) is 36.5. The summed E-state index contributed by atoms with van der Waals surface area (Å²) in [7, 11) is 0. The van der Waals surface area contributed by atoms with Crippen LogP contribution in [0, 0.1) is 5.92 Å². The lowest BCUT2D eigenvalue weighted by atomic mass is 9.95. The van der Waals surface area contributed by atoms with E-state index < -0.39 is 42.1 Å². The summed E-state index contributed by atoms with van der Waals surface area (Å²) in [6.07, 6.45) is 20.6. The molecule has 1 fully saturated rings. The molecule has 16 nitrogen and oxygen atoms in total. The lowest BCUT2D eigenvalue weighted by Crippen LogP contribution is -2.49. The summed E-state index contributed by atoms with van der Waals surface area (Å²) in [5.41, 5.74) is 0. The topological polar surface area (TPSA) is 224 Å². The molecule has 4 N–H and O–H groups in total. The molecule has 1 aliphatic rings. The Kier molecular flexibility index (Phi) is 33.9. The Balaban J connectivity index is 2.03. The molecule has 0 bridgehead atoms. The summed E-state index contributed by atoms with van der Waals surface area (Å²) < 4.78 is 21.1. The van der Waals surface area contributed by atoms with E-state index in [1.54, 1.807) is 4.90 Å². The van der Waals surface area contributed by atoms with Crippen LogP contribution in [0.5, 0.6) is 0 Å². The molecule has 0 aromatic heterocycles. The second-order valence-electron chi connectivity index (χ2n) is 15.8. The number of nitrogens with zero attached hydrogens (tertiary/aromatic N) is 1. The van der Waals surface area contributed by atoms with Crippen LogP contribution in [0.1, 0.15) is 155 Å². The molecule has 1 atom stereocenters. The Morgan fingerprint density at radius 3 is 1.58 bits per heavy atom. The molecule has 60 heavy (non-hydrogen) atoms. The molecule has 1 rings (SSSR count). The van der Waals surface area contributed by atoms with Crippen molar-refractivity contribution in [3.63, 3.8) is 0 Å². The van der Waals surface area contributed by atoms with Crippen molar-refractivity contribution in [1.29, 1.82) is 0 Å². The van der Waals surface area contributed by atoms with Crippen LogP contribution in [0.2, 0.25) is 0 Å². The maximum absolute atomic E-state index is 12.9. The Labute approximate surface area is 357 Å². The number of Topliss-reactive ketones (excluding diaryl/α,β-unsaturated/α-hetero) is 2. The molecule has 16 heteroatoms. The van der Waals surface area contributed by atoms with E-state index in [4.69, 9.17) is 24.1 Å². The van der Waals surface area contributed by atoms with Gasteiger partial charge in [-0.3, -0.25) is 28.8 Å². The molecule has 3 amide bonds. The maximum Gasteiger partial charge on any atom is 0.326 e. The molecule has 0 spiro atoms. The van der Waals surface area contributed by atoms with Gasteiger partial charge in [0.05, 0.1) is 39.5 Å². The highest BCUT2D eigenvalue weighted by Gasteiger charge is 2.31. The Bertz CT molecular complexity index is 1210. The first-order valence-electron chi connectivity index (χ1n) is 22.6. The summed E-state index contributed by atoms with van der Waals surface area (Å²) in [4.78, 5) is 84.9. The highest BCUT2D eigenvalue weighted by atomic mass is 16.5. The van der Waals surface area contributed by atoms with Crippen LogP contribution in [-0.4, -0.2) is 135 Å². The monoisotopic (exact) mass is 856 g/mol. The van der Waals surface area contributed by atoms with E-state index in [1.807, 2.05) is 0 Å². The summed E-state index contributed by atoms with van der Waals surface area (Å²) >= 11 is 0. The van der Waals surface area contributed by atoms with Crippen molar-refractivity contribution in [3.05, 3.63) is 0 Å². The SMILES string of the molecule is CC(=O)COCCOCCCC(=O)COCCOCCNC(=O)C[C@@H](NC(=O)C1CCN(C(=O)CCCCCCCCCCCCCCCCCCC(=O)O)CC1)C(=O)O. The number of ketones is 2. The number of unbranched alkanes of at least 4 members (excludes halogenated alkanes) is 15. The van der Waals surface area contributed by atoms with Crippen molar-refractivity contribution in [3.8, 4) is 0 Å². The lowest BCUT2D eigenvalue weighted by molar-refractivity contribution is -0.144. The number of amides is 3. The van der Waals surface area contributed by atoms with Crippen LogP contribution in [0.4, 0.5) is 0 Å². The van der Waals surface area contributed by atoms with Crippen LogP contribution >= 0.6 is 0 Å². The first-order chi connectivity index (χ1) is 29.0. The van der Waals surface area contributed by atoms with E-state index in [9.17, 15) is 38.7 Å². The van der Waals surface area contributed by atoms with Gasteiger partial charge < -0.3 is 44.7 Å². The van der Waals surface area contributed by atoms with Gasteiger partial charge in [0.2, 0.25) is 17.7 Å². The molecule has 0 aromatic carbocycles. The van der Waals surface area contributed by atoms with E-state index in [0.29, 0.717) is 65.0 Å². The number of carboxylic acid groups (broad SMARTS) is 2. The first kappa shape index (κ1) is 54.5. The molecule has 1 saturated heterocycles. The predicted molar refractivity (Wildman–Crippen MR) is 225 cm³/mol. The number of hydrogen-bond donors (Lipinski definition) is 4. The van der Waals surface area contributed by atoms with Gasteiger partial charge in [-0.1, -0.05) is 89.9 Å². The molecule has 1 heterocycles. The molecular weight excluding hydrogens is 778 g/mol. The highest BCUT2D eigenvalue weighted by molar-refractivity contribution is 5.89. The maximum atomic E-state index is 12.9. The van der Waals surface area contributed by atoms with Crippen molar-refractivity contribution in [2.24, 2.45) is 5.92 Å². The Morgan fingerprint density at radius 1 is 0.583 bits per heavy atom. The summed E-state index contributed by atoms with van der Waals surface area (Å²) in [5, 5.41) is 23.4. The minimum Gasteiger partial charge on any atom is -0.481 e. The number of carbonyl (C=O) groups excluding carboxylic acids is 5. The van der Waals surface area contributed by atoms with E-state index in [-0.39, 0.29) is 63.5 Å². The number of likely N-dealkylation sites (tertiary alicyclic amines) is 1. The molecule has 1 aliphatic heterocycles. The van der Waals surface area contributed by atoms with Gasteiger partial charge in [-0.25, -0.2) is 4.79 Å². The van der Waals surface area contributed by atoms with Crippen molar-refractivity contribution in [2.45, 2.75) is 161 Å². The average molecular weight is 856 g/mol. The third-order valence-corrected chi connectivity index (χ3v) is 10.4. The standard InChI is InChI=1S/C44H77N3O13/c1-36(48)34-59-31-29-57-27-18-19-38(49)35-60-32-30-58-28-24-45-40(50)33-39(44(55)56)46-43(54)37-22-25-47(26-23-37)41(51)20-16-14-12-10-8-6-4-2-3-5-7-9-11-13-15-17-21-42(52)53/h37,39H,2-35H2,1H3,(H,45,50)(H,46,54)(H,52,53)(H,55,56)/t39-/m1/s1.